The Morgan fingerprint density at radius 1 is 1.53 bits per heavy atom. The van der Waals surface area contributed by atoms with Crippen molar-refractivity contribution >= 4 is 27.3 Å². The lowest BCUT2D eigenvalue weighted by Crippen LogP contribution is -2.23. The average molecular weight is 315 g/mol. The smallest absolute Gasteiger partial charge is 0.169 e. The average Bonchev–Trinajstić information content (AvgIpc) is 2.95. The fourth-order valence-electron chi connectivity index (χ4n) is 1.65. The Morgan fingerprint density at radius 2 is 2.41 bits per heavy atom. The lowest BCUT2D eigenvalue weighted by molar-refractivity contribution is 0.401. The molecule has 2 rings (SSSR count). The first-order valence-electron chi connectivity index (χ1n) is 5.65. The van der Waals surface area contributed by atoms with Crippen LogP contribution in [0.4, 0.5) is 0 Å². The summed E-state index contributed by atoms with van der Waals surface area (Å²) in [7, 11) is 0. The van der Waals surface area contributed by atoms with Gasteiger partial charge in [0.2, 0.25) is 0 Å². The van der Waals surface area contributed by atoms with Crippen molar-refractivity contribution in [2.45, 2.75) is 25.8 Å². The number of hydrogen-bond donors (Lipinski definition) is 1. The van der Waals surface area contributed by atoms with Crippen molar-refractivity contribution < 1.29 is 4.42 Å². The quantitative estimate of drug-likeness (QED) is 0.881. The van der Waals surface area contributed by atoms with Gasteiger partial charge in [0.1, 0.15) is 5.76 Å². The number of furan rings is 1. The van der Waals surface area contributed by atoms with E-state index < -0.39 is 0 Å². The molecule has 5 heteroatoms. The molecular weight excluding hydrogens is 300 g/mol. The number of nitrogens with zero attached hydrogens (tertiary/aromatic N) is 1. The second kappa shape index (κ2) is 6.33. The van der Waals surface area contributed by atoms with Crippen molar-refractivity contribution in [2.24, 2.45) is 0 Å². The predicted molar refractivity (Wildman–Crippen MR) is 73.3 cm³/mol. The first-order chi connectivity index (χ1) is 8.29. The molecule has 0 radical (unpaired) electrons. The van der Waals surface area contributed by atoms with Gasteiger partial charge in [-0.3, -0.25) is 4.98 Å². The maximum Gasteiger partial charge on any atom is 0.169 e. The van der Waals surface area contributed by atoms with Crippen LogP contribution < -0.4 is 5.32 Å². The molecule has 2 aromatic heterocycles. The zero-order chi connectivity index (χ0) is 12.1. The molecule has 1 unspecified atom stereocenters. The van der Waals surface area contributed by atoms with E-state index in [-0.39, 0.29) is 6.04 Å². The van der Waals surface area contributed by atoms with Gasteiger partial charge in [0.25, 0.3) is 0 Å². The summed E-state index contributed by atoms with van der Waals surface area (Å²) in [6.45, 7) is 3.15. The van der Waals surface area contributed by atoms with E-state index >= 15 is 0 Å². The van der Waals surface area contributed by atoms with E-state index in [1.807, 2.05) is 23.8 Å². The number of nitrogens with one attached hydrogen (secondary N) is 1. The molecule has 0 amide bonds. The molecule has 1 N–H and O–H groups in total. The zero-order valence-corrected chi connectivity index (χ0v) is 12.1. The first kappa shape index (κ1) is 12.8. The highest BCUT2D eigenvalue weighted by Gasteiger charge is 2.16. The second-order valence-corrected chi connectivity index (χ2v) is 5.57. The number of halogens is 1. The molecule has 17 heavy (non-hydrogen) atoms. The molecular formula is C12H15BrN2OS. The van der Waals surface area contributed by atoms with Gasteiger partial charge in [0.05, 0.1) is 11.6 Å². The van der Waals surface area contributed by atoms with Gasteiger partial charge >= 0.3 is 0 Å². The van der Waals surface area contributed by atoms with E-state index in [1.54, 1.807) is 11.3 Å². The van der Waals surface area contributed by atoms with Crippen LogP contribution in [0.5, 0.6) is 0 Å². The third kappa shape index (κ3) is 3.66. The summed E-state index contributed by atoms with van der Waals surface area (Å²) < 4.78 is 6.41. The van der Waals surface area contributed by atoms with Crippen molar-refractivity contribution in [1.29, 1.82) is 0 Å². The Morgan fingerprint density at radius 3 is 3.00 bits per heavy atom. The Bertz CT molecular complexity index is 441. The molecule has 0 aliphatic heterocycles. The van der Waals surface area contributed by atoms with Gasteiger partial charge in [0.15, 0.2) is 4.67 Å². The third-order valence-corrected chi connectivity index (χ3v) is 3.70. The van der Waals surface area contributed by atoms with Gasteiger partial charge in [0, 0.05) is 17.5 Å². The third-order valence-electron chi connectivity index (χ3n) is 2.47. The van der Waals surface area contributed by atoms with Gasteiger partial charge in [-0.2, -0.15) is 0 Å². The highest BCUT2D eigenvalue weighted by atomic mass is 79.9. The topological polar surface area (TPSA) is 38.1 Å². The number of rotatable bonds is 6. The van der Waals surface area contributed by atoms with Crippen molar-refractivity contribution in [1.82, 2.24) is 10.3 Å². The van der Waals surface area contributed by atoms with E-state index in [9.17, 15) is 0 Å². The predicted octanol–water partition coefficient (Wildman–Crippen LogP) is 3.78. The first-order valence-corrected chi connectivity index (χ1v) is 7.33. The Labute approximate surface area is 113 Å². The van der Waals surface area contributed by atoms with Gasteiger partial charge in [-0.05, 0) is 41.0 Å². The number of hydrogen-bond acceptors (Lipinski definition) is 4. The summed E-state index contributed by atoms with van der Waals surface area (Å²) in [5.74, 6) is 0.971. The molecule has 0 aliphatic carbocycles. The lowest BCUT2D eigenvalue weighted by atomic mass is 10.1. The normalized spacial score (nSPS) is 12.8. The van der Waals surface area contributed by atoms with Crippen molar-refractivity contribution in [3.05, 3.63) is 39.1 Å². The summed E-state index contributed by atoms with van der Waals surface area (Å²) in [6.07, 6.45) is 3.95. The standard InChI is InChI=1S/C12H15BrN2OS/c1-2-5-15-10(6-9-7-14-8-17-9)11-3-4-12(13)16-11/h3-4,7-8,10,15H,2,5-6H2,1H3. The van der Waals surface area contributed by atoms with Crippen LogP contribution in [-0.2, 0) is 6.42 Å². The van der Waals surface area contributed by atoms with Crippen LogP contribution in [0.25, 0.3) is 0 Å². The van der Waals surface area contributed by atoms with Crippen molar-refractivity contribution in [3.8, 4) is 0 Å². The fourth-order valence-corrected chi connectivity index (χ4v) is 2.61. The summed E-state index contributed by atoms with van der Waals surface area (Å²) in [5, 5.41) is 3.50. The minimum atomic E-state index is 0.224. The minimum Gasteiger partial charge on any atom is -0.453 e. The SMILES string of the molecule is CCCNC(Cc1cncs1)c1ccc(Br)o1. The summed E-state index contributed by atoms with van der Waals surface area (Å²) in [6, 6.07) is 4.17. The molecule has 0 aromatic carbocycles. The van der Waals surface area contributed by atoms with Crippen LogP contribution in [0.2, 0.25) is 0 Å². The molecule has 2 aromatic rings. The Balaban J connectivity index is 2.07. The van der Waals surface area contributed by atoms with Gasteiger partial charge in [-0.15, -0.1) is 11.3 Å². The summed E-state index contributed by atoms with van der Waals surface area (Å²) in [5.41, 5.74) is 1.87. The van der Waals surface area contributed by atoms with Gasteiger partial charge in [-0.1, -0.05) is 6.92 Å². The van der Waals surface area contributed by atoms with Crippen molar-refractivity contribution in [3.63, 3.8) is 0 Å². The summed E-state index contributed by atoms with van der Waals surface area (Å²) >= 11 is 5.02. The van der Waals surface area contributed by atoms with Crippen LogP contribution >= 0.6 is 27.3 Å². The molecule has 0 bridgehead atoms. The van der Waals surface area contributed by atoms with Crippen LogP contribution in [-0.4, -0.2) is 11.5 Å². The maximum absolute atomic E-state index is 5.63. The summed E-state index contributed by atoms with van der Waals surface area (Å²) in [4.78, 5) is 5.37. The van der Waals surface area contributed by atoms with Crippen LogP contribution in [0, 0.1) is 0 Å². The molecule has 1 atom stereocenters. The van der Waals surface area contributed by atoms with E-state index in [0.717, 1.165) is 29.8 Å². The highest BCUT2D eigenvalue weighted by molar-refractivity contribution is 9.10. The fraction of sp³-hybridized carbons (Fsp3) is 0.417. The largest absolute Gasteiger partial charge is 0.453 e. The molecule has 0 aliphatic rings. The van der Waals surface area contributed by atoms with Crippen molar-refractivity contribution in [2.75, 3.05) is 6.54 Å². The maximum atomic E-state index is 5.63. The molecule has 0 saturated heterocycles. The second-order valence-electron chi connectivity index (χ2n) is 3.82. The van der Waals surface area contributed by atoms with E-state index in [4.69, 9.17) is 4.42 Å². The molecule has 0 saturated carbocycles. The molecule has 0 fully saturated rings. The molecule has 92 valence electrons. The zero-order valence-electron chi connectivity index (χ0n) is 9.65. The molecule has 3 nitrogen and oxygen atoms in total. The van der Waals surface area contributed by atoms with E-state index in [2.05, 4.69) is 33.2 Å². The monoisotopic (exact) mass is 314 g/mol. The lowest BCUT2D eigenvalue weighted by Gasteiger charge is -2.15. The van der Waals surface area contributed by atoms with Gasteiger partial charge < -0.3 is 9.73 Å². The number of aromatic nitrogens is 1. The Kier molecular flexibility index (Phi) is 4.76. The molecule has 2 heterocycles. The van der Waals surface area contributed by atoms with Crippen LogP contribution in [0.1, 0.15) is 30.0 Å². The molecule has 0 spiro atoms. The van der Waals surface area contributed by atoms with E-state index in [0.29, 0.717) is 0 Å². The van der Waals surface area contributed by atoms with Crippen LogP contribution in [0.3, 0.4) is 0 Å². The van der Waals surface area contributed by atoms with Gasteiger partial charge in [-0.25, -0.2) is 0 Å². The van der Waals surface area contributed by atoms with E-state index in [1.165, 1.54) is 4.88 Å². The van der Waals surface area contributed by atoms with Crippen LogP contribution in [0.15, 0.2) is 32.9 Å². The highest BCUT2D eigenvalue weighted by Crippen LogP contribution is 2.24. The Hall–Kier alpha value is -0.650. The number of thiazole rings is 1. The minimum absolute atomic E-state index is 0.224.